The molecule has 0 unspecified atom stereocenters. The standard InChI is InChI=1S/C18H16BFO2S/c1-12-2-5-15(19(21)22)10-14(12)11-17-8-9-18(23-17)13-3-6-16(20)7-4-13/h2-10,21-22H,11H2,1H3. The van der Waals surface area contributed by atoms with Crippen LogP contribution in [0.25, 0.3) is 10.4 Å². The molecule has 0 aliphatic rings. The lowest BCUT2D eigenvalue weighted by Crippen LogP contribution is -2.30. The van der Waals surface area contributed by atoms with Gasteiger partial charge in [0.2, 0.25) is 0 Å². The number of hydrogen-bond acceptors (Lipinski definition) is 3. The number of hydrogen-bond donors (Lipinski definition) is 2. The zero-order valence-corrected chi connectivity index (χ0v) is 13.5. The first-order valence-electron chi connectivity index (χ1n) is 7.33. The Kier molecular flexibility index (Phi) is 4.62. The topological polar surface area (TPSA) is 40.5 Å². The molecular weight excluding hydrogens is 310 g/mol. The highest BCUT2D eigenvalue weighted by Gasteiger charge is 2.13. The molecule has 2 nitrogen and oxygen atoms in total. The summed E-state index contributed by atoms with van der Waals surface area (Å²) in [6, 6.07) is 16.0. The van der Waals surface area contributed by atoms with Crippen molar-refractivity contribution in [3.05, 3.63) is 76.4 Å². The van der Waals surface area contributed by atoms with Crippen LogP contribution in [0.3, 0.4) is 0 Å². The third-order valence-electron chi connectivity index (χ3n) is 3.83. The van der Waals surface area contributed by atoms with E-state index in [1.54, 1.807) is 29.5 Å². The van der Waals surface area contributed by atoms with Gasteiger partial charge in [-0.3, -0.25) is 0 Å². The lowest BCUT2D eigenvalue weighted by molar-refractivity contribution is 0.425. The number of thiophene rings is 1. The van der Waals surface area contributed by atoms with Crippen LogP contribution in [0.4, 0.5) is 4.39 Å². The minimum atomic E-state index is -1.45. The molecular formula is C18H16BFO2S. The monoisotopic (exact) mass is 326 g/mol. The minimum Gasteiger partial charge on any atom is -0.423 e. The third-order valence-corrected chi connectivity index (χ3v) is 4.96. The molecule has 0 fully saturated rings. The van der Waals surface area contributed by atoms with Crippen molar-refractivity contribution in [3.63, 3.8) is 0 Å². The van der Waals surface area contributed by atoms with Crippen molar-refractivity contribution in [2.75, 3.05) is 0 Å². The van der Waals surface area contributed by atoms with Gasteiger partial charge in [-0.05, 0) is 53.3 Å². The summed E-state index contributed by atoms with van der Waals surface area (Å²) in [5.41, 5.74) is 3.69. The molecule has 0 spiro atoms. The smallest absolute Gasteiger partial charge is 0.423 e. The number of aryl methyl sites for hydroxylation is 1. The van der Waals surface area contributed by atoms with Crippen LogP contribution in [0.15, 0.2) is 54.6 Å². The summed E-state index contributed by atoms with van der Waals surface area (Å²) in [5.74, 6) is -0.236. The second-order valence-electron chi connectivity index (χ2n) is 5.51. The molecule has 5 heteroatoms. The maximum atomic E-state index is 13.0. The Bertz CT molecular complexity index is 812. The SMILES string of the molecule is Cc1ccc(B(O)O)cc1Cc1ccc(-c2ccc(F)cc2)s1. The van der Waals surface area contributed by atoms with Crippen molar-refractivity contribution in [2.24, 2.45) is 0 Å². The first kappa shape index (κ1) is 15.9. The Morgan fingerprint density at radius 1 is 1.00 bits per heavy atom. The highest BCUT2D eigenvalue weighted by atomic mass is 32.1. The van der Waals surface area contributed by atoms with E-state index in [4.69, 9.17) is 0 Å². The van der Waals surface area contributed by atoms with E-state index in [-0.39, 0.29) is 5.82 Å². The zero-order valence-electron chi connectivity index (χ0n) is 12.7. The Morgan fingerprint density at radius 2 is 1.74 bits per heavy atom. The van der Waals surface area contributed by atoms with Crippen LogP contribution < -0.4 is 5.46 Å². The van der Waals surface area contributed by atoms with Gasteiger partial charge in [0.1, 0.15) is 5.82 Å². The molecule has 3 rings (SSSR count). The molecule has 23 heavy (non-hydrogen) atoms. The van der Waals surface area contributed by atoms with E-state index in [1.807, 2.05) is 25.1 Å². The Labute approximate surface area is 139 Å². The van der Waals surface area contributed by atoms with E-state index in [0.29, 0.717) is 5.46 Å². The van der Waals surface area contributed by atoms with Crippen molar-refractivity contribution in [1.29, 1.82) is 0 Å². The van der Waals surface area contributed by atoms with Crippen molar-refractivity contribution >= 4 is 23.9 Å². The van der Waals surface area contributed by atoms with Gasteiger partial charge in [0.05, 0.1) is 0 Å². The summed E-state index contributed by atoms with van der Waals surface area (Å²) < 4.78 is 13.0. The van der Waals surface area contributed by atoms with Gasteiger partial charge in [0, 0.05) is 16.2 Å². The maximum Gasteiger partial charge on any atom is 0.488 e. The lowest BCUT2D eigenvalue weighted by atomic mass is 9.78. The number of benzene rings is 2. The van der Waals surface area contributed by atoms with E-state index in [2.05, 4.69) is 6.07 Å². The number of halogens is 1. The van der Waals surface area contributed by atoms with Gasteiger partial charge in [-0.15, -0.1) is 11.3 Å². The van der Waals surface area contributed by atoms with Crippen LogP contribution in [0.1, 0.15) is 16.0 Å². The fourth-order valence-electron chi connectivity index (χ4n) is 2.47. The van der Waals surface area contributed by atoms with Crippen LogP contribution in [0.2, 0.25) is 0 Å². The first-order chi connectivity index (χ1) is 11.0. The molecule has 3 aromatic rings. The molecule has 0 atom stereocenters. The van der Waals surface area contributed by atoms with Gasteiger partial charge in [0.25, 0.3) is 0 Å². The average molecular weight is 326 g/mol. The summed E-state index contributed by atoms with van der Waals surface area (Å²) in [6.45, 7) is 2.01. The molecule has 2 N–H and O–H groups in total. The molecule has 0 aliphatic heterocycles. The van der Waals surface area contributed by atoms with Gasteiger partial charge in [0.15, 0.2) is 0 Å². The van der Waals surface area contributed by atoms with Gasteiger partial charge in [-0.25, -0.2) is 4.39 Å². The van der Waals surface area contributed by atoms with Gasteiger partial charge >= 0.3 is 7.12 Å². The molecule has 116 valence electrons. The van der Waals surface area contributed by atoms with E-state index < -0.39 is 7.12 Å². The average Bonchev–Trinajstić information content (AvgIpc) is 2.98. The summed E-state index contributed by atoms with van der Waals surface area (Å²) >= 11 is 1.66. The lowest BCUT2D eigenvalue weighted by Gasteiger charge is -2.07. The van der Waals surface area contributed by atoms with Crippen LogP contribution in [0, 0.1) is 12.7 Å². The molecule has 0 radical (unpaired) electrons. The van der Waals surface area contributed by atoms with E-state index >= 15 is 0 Å². The van der Waals surface area contributed by atoms with E-state index in [9.17, 15) is 14.4 Å². The second-order valence-corrected chi connectivity index (χ2v) is 6.68. The molecule has 0 saturated carbocycles. The normalized spacial score (nSPS) is 10.8. The van der Waals surface area contributed by atoms with Gasteiger partial charge in [-0.2, -0.15) is 0 Å². The summed E-state index contributed by atoms with van der Waals surface area (Å²) in [7, 11) is -1.45. The van der Waals surface area contributed by atoms with Crippen LogP contribution >= 0.6 is 11.3 Å². The fourth-order valence-corrected chi connectivity index (χ4v) is 3.51. The highest BCUT2D eigenvalue weighted by Crippen LogP contribution is 2.29. The van der Waals surface area contributed by atoms with Crippen LogP contribution in [0.5, 0.6) is 0 Å². The summed E-state index contributed by atoms with van der Waals surface area (Å²) in [4.78, 5) is 2.27. The number of rotatable bonds is 4. The molecule has 1 aromatic heterocycles. The second kappa shape index (κ2) is 6.66. The largest absolute Gasteiger partial charge is 0.488 e. The first-order valence-corrected chi connectivity index (χ1v) is 8.15. The zero-order chi connectivity index (χ0) is 16.4. The van der Waals surface area contributed by atoms with Crippen LogP contribution in [-0.4, -0.2) is 17.2 Å². The Morgan fingerprint density at radius 3 is 2.43 bits per heavy atom. The predicted octanol–water partition coefficient (Wildman–Crippen LogP) is 3.13. The van der Waals surface area contributed by atoms with Crippen molar-refractivity contribution < 1.29 is 14.4 Å². The highest BCUT2D eigenvalue weighted by molar-refractivity contribution is 7.15. The quantitative estimate of drug-likeness (QED) is 0.723. The molecule has 2 aromatic carbocycles. The fraction of sp³-hybridized carbons (Fsp3) is 0.111. The van der Waals surface area contributed by atoms with Crippen molar-refractivity contribution in [1.82, 2.24) is 0 Å². The van der Waals surface area contributed by atoms with Gasteiger partial charge in [-0.1, -0.05) is 30.3 Å². The molecule has 0 saturated heterocycles. The van der Waals surface area contributed by atoms with Crippen molar-refractivity contribution in [2.45, 2.75) is 13.3 Å². The Hall–Kier alpha value is -1.95. The maximum absolute atomic E-state index is 13.0. The van der Waals surface area contributed by atoms with E-state index in [0.717, 1.165) is 28.0 Å². The molecule has 0 aliphatic carbocycles. The summed E-state index contributed by atoms with van der Waals surface area (Å²) in [5, 5.41) is 18.6. The van der Waals surface area contributed by atoms with Crippen molar-refractivity contribution in [3.8, 4) is 10.4 Å². The Balaban J connectivity index is 1.84. The summed E-state index contributed by atoms with van der Waals surface area (Å²) in [6.07, 6.45) is 0.734. The minimum absolute atomic E-state index is 0.236. The molecule has 0 bridgehead atoms. The predicted molar refractivity (Wildman–Crippen MR) is 93.5 cm³/mol. The van der Waals surface area contributed by atoms with E-state index in [1.165, 1.54) is 17.0 Å². The molecule has 1 heterocycles. The molecule has 0 amide bonds. The van der Waals surface area contributed by atoms with Crippen LogP contribution in [-0.2, 0) is 6.42 Å². The third kappa shape index (κ3) is 3.70. The van der Waals surface area contributed by atoms with Gasteiger partial charge < -0.3 is 10.0 Å².